The van der Waals surface area contributed by atoms with E-state index >= 15 is 0 Å². The Kier molecular flexibility index (Phi) is 3.74. The summed E-state index contributed by atoms with van der Waals surface area (Å²) >= 11 is 6.26. The van der Waals surface area contributed by atoms with E-state index in [1.807, 2.05) is 17.5 Å². The van der Waals surface area contributed by atoms with Gasteiger partial charge in [-0.2, -0.15) is 9.78 Å². The predicted molar refractivity (Wildman–Crippen MR) is 79.3 cm³/mol. The van der Waals surface area contributed by atoms with E-state index in [0.29, 0.717) is 10.9 Å². The zero-order chi connectivity index (χ0) is 14.3. The molecule has 0 bridgehead atoms. The molecule has 3 rings (SSSR count). The van der Waals surface area contributed by atoms with Gasteiger partial charge in [-0.15, -0.1) is 21.5 Å². The van der Waals surface area contributed by atoms with Crippen LogP contribution in [0.25, 0.3) is 6.08 Å². The normalized spacial score (nSPS) is 16.6. The number of fused-ring (bicyclic) bond motifs is 1. The number of hydrogen-bond acceptors (Lipinski definition) is 5. The molecule has 0 unspecified atom stereocenters. The Morgan fingerprint density at radius 3 is 2.85 bits per heavy atom. The molecule has 3 heterocycles. The molecule has 20 heavy (non-hydrogen) atoms. The molecule has 0 radical (unpaired) electrons. The Labute approximate surface area is 129 Å². The number of rotatable bonds is 2. The third-order valence-electron chi connectivity index (χ3n) is 2.50. The van der Waals surface area contributed by atoms with Gasteiger partial charge in [0.1, 0.15) is 0 Å². The van der Waals surface area contributed by atoms with Crippen LogP contribution < -0.4 is 0 Å². The first-order valence-electron chi connectivity index (χ1n) is 5.47. The molecule has 9 heteroatoms. The largest absolute Gasteiger partial charge is 0.299 e. The van der Waals surface area contributed by atoms with Crippen LogP contribution in [0.2, 0.25) is 0 Å². The van der Waals surface area contributed by atoms with Gasteiger partial charge >= 0.3 is 0 Å². The van der Waals surface area contributed by atoms with Crippen molar-refractivity contribution >= 4 is 50.8 Å². The van der Waals surface area contributed by atoms with Crippen LogP contribution in [0.4, 0.5) is 8.78 Å². The van der Waals surface area contributed by atoms with Crippen molar-refractivity contribution in [2.45, 2.75) is 18.5 Å². The van der Waals surface area contributed by atoms with Crippen molar-refractivity contribution in [1.29, 1.82) is 0 Å². The molecule has 0 saturated heterocycles. The molecule has 2 aromatic heterocycles. The van der Waals surface area contributed by atoms with Gasteiger partial charge in [-0.1, -0.05) is 0 Å². The lowest BCUT2D eigenvalue weighted by atomic mass is 10.3. The first kappa shape index (κ1) is 13.9. The molecule has 0 fully saturated rings. The fraction of sp³-hybridized carbons (Fsp3) is 0.182. The summed E-state index contributed by atoms with van der Waals surface area (Å²) in [7, 11) is 0. The minimum absolute atomic E-state index is 0.354. The van der Waals surface area contributed by atoms with Crippen LogP contribution in [0.3, 0.4) is 0 Å². The summed E-state index contributed by atoms with van der Waals surface area (Å²) in [6.07, 6.45) is -0.730. The van der Waals surface area contributed by atoms with Gasteiger partial charge in [0.2, 0.25) is 11.0 Å². The van der Waals surface area contributed by atoms with E-state index in [9.17, 15) is 8.78 Å². The molecule has 1 aliphatic rings. The topological polar surface area (TPSA) is 43.1 Å². The van der Waals surface area contributed by atoms with Crippen LogP contribution in [0, 0.1) is 0 Å². The minimum Gasteiger partial charge on any atom is -0.201 e. The third-order valence-corrected chi connectivity index (χ3v) is 5.21. The molecular weight excluding hydrogens is 370 g/mol. The quantitative estimate of drug-likeness (QED) is 0.779. The summed E-state index contributed by atoms with van der Waals surface area (Å²) in [5, 5.41) is 13.7. The zero-order valence-corrected chi connectivity index (χ0v) is 13.3. The number of halogens is 3. The highest BCUT2D eigenvalue weighted by atomic mass is 79.9. The molecule has 4 nitrogen and oxygen atoms in total. The maximum absolute atomic E-state index is 12.7. The number of thiophene rings is 1. The van der Waals surface area contributed by atoms with Crippen molar-refractivity contribution < 1.29 is 8.78 Å². The Balaban J connectivity index is 1.98. The number of thioether (sulfide) groups is 1. The summed E-state index contributed by atoms with van der Waals surface area (Å²) in [5.74, 6) is -0.426. The average Bonchev–Trinajstić information content (AvgIpc) is 2.96. The molecular formula is C11H7BrF2N4S2. The lowest BCUT2D eigenvalue weighted by molar-refractivity contribution is 0.135. The summed E-state index contributed by atoms with van der Waals surface area (Å²) in [6.45, 7) is 1.78. The maximum Gasteiger partial charge on any atom is 0.299 e. The summed E-state index contributed by atoms with van der Waals surface area (Å²) < 4.78 is 27.6. The van der Waals surface area contributed by atoms with Crippen LogP contribution >= 0.6 is 39.0 Å². The molecule has 2 aromatic rings. The smallest absolute Gasteiger partial charge is 0.201 e. The Morgan fingerprint density at radius 2 is 2.20 bits per heavy atom. The number of nitrogens with zero attached hydrogens (tertiary/aromatic N) is 4. The summed E-state index contributed by atoms with van der Waals surface area (Å²) in [5.41, 5.74) is 0.661. The molecule has 0 atom stereocenters. The molecule has 0 amide bonds. The zero-order valence-electron chi connectivity index (χ0n) is 10.0. The van der Waals surface area contributed by atoms with Crippen LogP contribution in [-0.2, 0) is 0 Å². The first-order valence-corrected chi connectivity index (χ1v) is 7.96. The number of aromatic nitrogens is 3. The van der Waals surface area contributed by atoms with Crippen molar-refractivity contribution in [3.63, 3.8) is 0 Å². The minimum atomic E-state index is -2.69. The fourth-order valence-corrected chi connectivity index (χ4v) is 3.93. The van der Waals surface area contributed by atoms with E-state index in [-0.39, 0.29) is 0 Å². The van der Waals surface area contributed by atoms with E-state index in [1.54, 1.807) is 18.3 Å². The first-order chi connectivity index (χ1) is 9.54. The second-order valence-electron chi connectivity index (χ2n) is 3.92. The molecule has 0 N–H and O–H groups in total. The fourth-order valence-electron chi connectivity index (χ4n) is 1.61. The molecule has 0 spiro atoms. The van der Waals surface area contributed by atoms with Crippen molar-refractivity contribution in [2.24, 2.45) is 5.10 Å². The average molecular weight is 377 g/mol. The van der Waals surface area contributed by atoms with Crippen LogP contribution in [0.15, 0.2) is 31.1 Å². The Morgan fingerprint density at radius 1 is 1.40 bits per heavy atom. The highest BCUT2D eigenvalue weighted by molar-refractivity contribution is 9.10. The van der Waals surface area contributed by atoms with Crippen molar-refractivity contribution in [2.75, 3.05) is 0 Å². The molecule has 1 aliphatic heterocycles. The van der Waals surface area contributed by atoms with Gasteiger partial charge in [0, 0.05) is 19.6 Å². The third kappa shape index (κ3) is 2.57. The van der Waals surface area contributed by atoms with E-state index in [0.717, 1.165) is 18.9 Å². The number of hydrogen-bond donors (Lipinski definition) is 0. The lowest BCUT2D eigenvalue weighted by Crippen LogP contribution is -2.09. The summed E-state index contributed by atoms with van der Waals surface area (Å²) in [6, 6.07) is 1.98. The van der Waals surface area contributed by atoms with Crippen molar-refractivity contribution in [1.82, 2.24) is 14.9 Å². The van der Waals surface area contributed by atoms with Crippen LogP contribution in [-0.4, -0.2) is 20.6 Å². The standard InChI is InChI=1S/C11H7BrF2N4S2/c1-5-8(3-7-2-6(12)4-19-7)20-11-16-15-10(9(13)14)18(11)17-5/h2-4,9H,1H3/b8-3-. The molecule has 0 aromatic carbocycles. The van der Waals surface area contributed by atoms with E-state index in [1.165, 1.54) is 11.8 Å². The van der Waals surface area contributed by atoms with Crippen molar-refractivity contribution in [3.05, 3.63) is 31.5 Å². The highest BCUT2D eigenvalue weighted by Gasteiger charge is 2.25. The van der Waals surface area contributed by atoms with Gasteiger partial charge in [-0.25, -0.2) is 8.78 Å². The second kappa shape index (κ2) is 5.38. The van der Waals surface area contributed by atoms with E-state index < -0.39 is 12.2 Å². The number of alkyl halides is 2. The van der Waals surface area contributed by atoms with Gasteiger partial charge in [0.15, 0.2) is 0 Å². The van der Waals surface area contributed by atoms with E-state index in [2.05, 4.69) is 31.2 Å². The van der Waals surface area contributed by atoms with Gasteiger partial charge in [0.25, 0.3) is 6.43 Å². The second-order valence-corrected chi connectivity index (χ2v) is 6.78. The van der Waals surface area contributed by atoms with Gasteiger partial charge < -0.3 is 0 Å². The monoisotopic (exact) mass is 376 g/mol. The summed E-state index contributed by atoms with van der Waals surface area (Å²) in [4.78, 5) is 1.93. The molecule has 0 saturated carbocycles. The van der Waals surface area contributed by atoms with Crippen molar-refractivity contribution in [3.8, 4) is 0 Å². The highest BCUT2D eigenvalue weighted by Crippen LogP contribution is 2.35. The molecule has 0 aliphatic carbocycles. The maximum atomic E-state index is 12.7. The van der Waals surface area contributed by atoms with Crippen LogP contribution in [0.1, 0.15) is 24.1 Å². The SMILES string of the molecule is CC1=Nn2c(nnc2C(F)F)S/C1=C\c1cc(Br)cs1. The Hall–Kier alpha value is -1.06. The Bertz CT molecular complexity index is 720. The molecule has 104 valence electrons. The van der Waals surface area contributed by atoms with Crippen LogP contribution in [0.5, 0.6) is 0 Å². The van der Waals surface area contributed by atoms with Gasteiger partial charge in [-0.05, 0) is 46.8 Å². The lowest BCUT2D eigenvalue weighted by Gasteiger charge is -2.13. The van der Waals surface area contributed by atoms with Gasteiger partial charge in [-0.3, -0.25) is 0 Å². The predicted octanol–water partition coefficient (Wildman–Crippen LogP) is 4.41. The van der Waals surface area contributed by atoms with E-state index in [4.69, 9.17) is 0 Å². The number of allylic oxidation sites excluding steroid dienone is 1. The van der Waals surface area contributed by atoms with Gasteiger partial charge in [0.05, 0.1) is 5.71 Å².